The number of carbonyl (C=O) groups is 1. The average Bonchev–Trinajstić information content (AvgIpc) is 2.94. The number of ether oxygens (including phenoxy) is 2. The third-order valence-corrected chi connectivity index (χ3v) is 5.13. The average molecular weight is 321 g/mol. The van der Waals surface area contributed by atoms with Crippen molar-refractivity contribution in [2.75, 3.05) is 33.4 Å². The fourth-order valence-electron chi connectivity index (χ4n) is 4.08. The van der Waals surface area contributed by atoms with Crippen LogP contribution in [0.4, 0.5) is 0 Å². The first-order valence-corrected chi connectivity index (χ1v) is 8.54. The second-order valence-electron chi connectivity index (χ2n) is 6.76. The molecule has 2 aliphatic rings. The summed E-state index contributed by atoms with van der Waals surface area (Å²) in [4.78, 5) is 15.0. The number of likely N-dealkylation sites (tertiary alicyclic amines) is 1. The second-order valence-corrected chi connectivity index (χ2v) is 6.76. The lowest BCUT2D eigenvalue weighted by atomic mass is 9.73. The molecule has 0 saturated carbocycles. The van der Waals surface area contributed by atoms with Crippen molar-refractivity contribution in [3.63, 3.8) is 0 Å². The first kappa shape index (κ1) is 16.5. The summed E-state index contributed by atoms with van der Waals surface area (Å²) >= 11 is 0. The van der Waals surface area contributed by atoms with E-state index in [0.717, 1.165) is 38.1 Å². The molecule has 0 aromatic carbocycles. The number of nitrogens with zero attached hydrogens (tertiary/aromatic N) is 3. The van der Waals surface area contributed by atoms with Gasteiger partial charge in [-0.2, -0.15) is 5.10 Å². The number of fused-ring (bicyclic) bond motifs is 1. The molecule has 1 amide bonds. The minimum Gasteiger partial charge on any atom is -0.384 e. The van der Waals surface area contributed by atoms with E-state index < -0.39 is 0 Å². The number of amides is 1. The molecule has 6 nitrogen and oxygen atoms in total. The monoisotopic (exact) mass is 321 g/mol. The second kappa shape index (κ2) is 6.61. The van der Waals surface area contributed by atoms with Gasteiger partial charge in [-0.05, 0) is 39.2 Å². The van der Waals surface area contributed by atoms with Crippen LogP contribution in [0.1, 0.15) is 42.4 Å². The van der Waals surface area contributed by atoms with E-state index in [4.69, 9.17) is 9.47 Å². The van der Waals surface area contributed by atoms with Crippen LogP contribution in [0.3, 0.4) is 0 Å². The lowest BCUT2D eigenvalue weighted by Gasteiger charge is -2.50. The van der Waals surface area contributed by atoms with Crippen LogP contribution >= 0.6 is 0 Å². The van der Waals surface area contributed by atoms with Gasteiger partial charge in [0.05, 0.1) is 18.4 Å². The van der Waals surface area contributed by atoms with Crippen molar-refractivity contribution in [2.45, 2.75) is 45.8 Å². The Balaban J connectivity index is 1.82. The standard InChI is InChI=1S/C17H27N3O3/c1-4-20-14(10-13(2)18-20)16(21)19-8-6-15-17(11-19,12-22-3)7-5-9-23-15/h10,15H,4-9,11-12H2,1-3H3/t15-,17+/m0/s1. The van der Waals surface area contributed by atoms with Crippen molar-refractivity contribution in [1.82, 2.24) is 14.7 Å². The van der Waals surface area contributed by atoms with Crippen LogP contribution in [0.15, 0.2) is 6.07 Å². The van der Waals surface area contributed by atoms with E-state index >= 15 is 0 Å². The number of hydrogen-bond acceptors (Lipinski definition) is 4. The number of hydrogen-bond donors (Lipinski definition) is 0. The Morgan fingerprint density at radius 2 is 2.39 bits per heavy atom. The molecule has 6 heteroatoms. The van der Waals surface area contributed by atoms with Crippen molar-refractivity contribution in [1.29, 1.82) is 0 Å². The fourth-order valence-corrected chi connectivity index (χ4v) is 4.08. The highest BCUT2D eigenvalue weighted by Gasteiger charge is 2.47. The maximum atomic E-state index is 13.0. The Morgan fingerprint density at radius 3 is 3.13 bits per heavy atom. The maximum absolute atomic E-state index is 13.0. The Hall–Kier alpha value is -1.40. The summed E-state index contributed by atoms with van der Waals surface area (Å²) in [5, 5.41) is 4.40. The van der Waals surface area contributed by atoms with Gasteiger partial charge in [0.15, 0.2) is 0 Å². The van der Waals surface area contributed by atoms with Gasteiger partial charge >= 0.3 is 0 Å². The van der Waals surface area contributed by atoms with Crippen molar-refractivity contribution in [3.05, 3.63) is 17.5 Å². The number of methoxy groups -OCH3 is 1. The lowest BCUT2D eigenvalue weighted by molar-refractivity contribution is -0.142. The highest BCUT2D eigenvalue weighted by molar-refractivity contribution is 5.92. The maximum Gasteiger partial charge on any atom is 0.272 e. The first-order valence-electron chi connectivity index (χ1n) is 8.54. The van der Waals surface area contributed by atoms with Gasteiger partial charge < -0.3 is 14.4 Å². The van der Waals surface area contributed by atoms with E-state index in [2.05, 4.69) is 5.10 Å². The zero-order valence-electron chi connectivity index (χ0n) is 14.4. The molecule has 0 radical (unpaired) electrons. The molecule has 3 heterocycles. The normalized spacial score (nSPS) is 27.8. The molecule has 1 aromatic rings. The van der Waals surface area contributed by atoms with Crippen LogP contribution in [0.25, 0.3) is 0 Å². The molecule has 0 unspecified atom stereocenters. The molecule has 128 valence electrons. The van der Waals surface area contributed by atoms with Crippen molar-refractivity contribution in [2.24, 2.45) is 5.41 Å². The Kier molecular flexibility index (Phi) is 4.73. The molecular formula is C17H27N3O3. The zero-order valence-corrected chi connectivity index (χ0v) is 14.4. The molecule has 0 aliphatic carbocycles. The molecule has 2 saturated heterocycles. The summed E-state index contributed by atoms with van der Waals surface area (Å²) in [5.41, 5.74) is 1.51. The van der Waals surface area contributed by atoms with Crippen LogP contribution in [0.5, 0.6) is 0 Å². The Bertz CT molecular complexity index is 567. The van der Waals surface area contributed by atoms with Crippen LogP contribution in [0.2, 0.25) is 0 Å². The summed E-state index contributed by atoms with van der Waals surface area (Å²) in [6, 6.07) is 1.89. The number of aromatic nitrogens is 2. The van der Waals surface area contributed by atoms with E-state index in [0.29, 0.717) is 25.4 Å². The van der Waals surface area contributed by atoms with Gasteiger partial charge in [0, 0.05) is 38.8 Å². The molecule has 2 atom stereocenters. The number of carbonyl (C=O) groups excluding carboxylic acids is 1. The summed E-state index contributed by atoms with van der Waals surface area (Å²) in [7, 11) is 1.73. The number of aryl methyl sites for hydroxylation is 2. The topological polar surface area (TPSA) is 56.6 Å². The highest BCUT2D eigenvalue weighted by atomic mass is 16.5. The fraction of sp³-hybridized carbons (Fsp3) is 0.765. The predicted molar refractivity (Wildman–Crippen MR) is 86.4 cm³/mol. The summed E-state index contributed by atoms with van der Waals surface area (Å²) in [5.74, 6) is 0.0759. The SMILES string of the molecule is CCn1nc(C)cc1C(=O)N1CC[C@@H]2OCCC[C@]2(COC)C1. The Morgan fingerprint density at radius 1 is 1.57 bits per heavy atom. The lowest BCUT2D eigenvalue weighted by Crippen LogP contribution is -2.58. The van der Waals surface area contributed by atoms with Gasteiger partial charge in [-0.3, -0.25) is 9.48 Å². The van der Waals surface area contributed by atoms with Crippen LogP contribution in [0, 0.1) is 12.3 Å². The molecule has 0 bridgehead atoms. The molecular weight excluding hydrogens is 294 g/mol. The molecule has 23 heavy (non-hydrogen) atoms. The summed E-state index contributed by atoms with van der Waals surface area (Å²) in [6.07, 6.45) is 3.18. The third-order valence-electron chi connectivity index (χ3n) is 5.13. The van der Waals surface area contributed by atoms with Gasteiger partial charge in [-0.1, -0.05) is 0 Å². The smallest absolute Gasteiger partial charge is 0.272 e. The quantitative estimate of drug-likeness (QED) is 0.849. The minimum absolute atomic E-state index is 0.0625. The van der Waals surface area contributed by atoms with Gasteiger partial charge in [-0.25, -0.2) is 0 Å². The van der Waals surface area contributed by atoms with Crippen molar-refractivity contribution in [3.8, 4) is 0 Å². The number of rotatable bonds is 4. The third kappa shape index (κ3) is 3.02. The largest absolute Gasteiger partial charge is 0.384 e. The van der Waals surface area contributed by atoms with Crippen LogP contribution < -0.4 is 0 Å². The van der Waals surface area contributed by atoms with Gasteiger partial charge in [0.1, 0.15) is 5.69 Å². The van der Waals surface area contributed by atoms with E-state index in [1.54, 1.807) is 11.8 Å². The number of piperidine rings is 1. The van der Waals surface area contributed by atoms with Gasteiger partial charge in [0.25, 0.3) is 5.91 Å². The molecule has 1 aromatic heterocycles. The predicted octanol–water partition coefficient (Wildman–Crippen LogP) is 1.87. The van der Waals surface area contributed by atoms with E-state index in [1.807, 2.05) is 24.8 Å². The zero-order chi connectivity index (χ0) is 16.4. The molecule has 3 rings (SSSR count). The summed E-state index contributed by atoms with van der Waals surface area (Å²) in [6.45, 7) is 7.56. The van der Waals surface area contributed by atoms with E-state index in [-0.39, 0.29) is 17.4 Å². The molecule has 2 aliphatic heterocycles. The minimum atomic E-state index is -0.0625. The van der Waals surface area contributed by atoms with E-state index in [1.165, 1.54) is 0 Å². The molecule has 0 spiro atoms. The van der Waals surface area contributed by atoms with Crippen LogP contribution in [-0.2, 0) is 16.0 Å². The van der Waals surface area contributed by atoms with Gasteiger partial charge in [-0.15, -0.1) is 0 Å². The molecule has 0 N–H and O–H groups in total. The molecule has 2 fully saturated rings. The highest BCUT2D eigenvalue weighted by Crippen LogP contribution is 2.40. The Labute approximate surface area is 137 Å². The first-order chi connectivity index (χ1) is 11.1. The van der Waals surface area contributed by atoms with Gasteiger partial charge in [0.2, 0.25) is 0 Å². The summed E-state index contributed by atoms with van der Waals surface area (Å²) < 4.78 is 13.3. The van der Waals surface area contributed by atoms with Crippen molar-refractivity contribution >= 4 is 5.91 Å². The van der Waals surface area contributed by atoms with Crippen LogP contribution in [-0.4, -0.2) is 60.1 Å². The van der Waals surface area contributed by atoms with E-state index in [9.17, 15) is 4.79 Å². The van der Waals surface area contributed by atoms with Crippen molar-refractivity contribution < 1.29 is 14.3 Å².